The van der Waals surface area contributed by atoms with E-state index in [1.54, 1.807) is 12.1 Å². The summed E-state index contributed by atoms with van der Waals surface area (Å²) in [5.41, 5.74) is 3.83. The number of fused-ring (bicyclic) bond motifs is 1. The van der Waals surface area contributed by atoms with Gasteiger partial charge in [0.2, 0.25) is 0 Å². The Kier molecular flexibility index (Phi) is 3.60. The van der Waals surface area contributed by atoms with Gasteiger partial charge in [0.15, 0.2) is 0 Å². The molecule has 4 heteroatoms. The zero-order valence-electron chi connectivity index (χ0n) is 10.8. The fourth-order valence-corrected chi connectivity index (χ4v) is 2.62. The molecule has 0 fully saturated rings. The van der Waals surface area contributed by atoms with Crippen LogP contribution in [-0.4, -0.2) is 6.61 Å². The Bertz CT molecular complexity index is 678. The summed E-state index contributed by atoms with van der Waals surface area (Å²) in [5.74, 6) is 0. The molecule has 1 aliphatic heterocycles. The molecule has 0 radical (unpaired) electrons. The highest BCUT2D eigenvalue weighted by atomic mass is 35.5. The predicted molar refractivity (Wildman–Crippen MR) is 78.6 cm³/mol. The fourth-order valence-electron chi connectivity index (χ4n) is 2.40. The van der Waals surface area contributed by atoms with Crippen LogP contribution < -0.4 is 5.32 Å². The molecule has 3 nitrogen and oxygen atoms in total. The van der Waals surface area contributed by atoms with Crippen LogP contribution in [0.15, 0.2) is 42.5 Å². The minimum absolute atomic E-state index is 0.101. The van der Waals surface area contributed by atoms with Gasteiger partial charge >= 0.3 is 0 Å². The molecule has 3 rings (SSSR count). The molecular formula is C16H13ClN2O. The van der Waals surface area contributed by atoms with Crippen molar-refractivity contribution in [1.82, 2.24) is 0 Å². The minimum Gasteiger partial charge on any atom is -0.376 e. The summed E-state index contributed by atoms with van der Waals surface area (Å²) in [4.78, 5) is 0. The van der Waals surface area contributed by atoms with E-state index in [9.17, 15) is 0 Å². The summed E-state index contributed by atoms with van der Waals surface area (Å²) < 4.78 is 5.61. The van der Waals surface area contributed by atoms with Crippen LogP contribution in [-0.2, 0) is 11.3 Å². The van der Waals surface area contributed by atoms with Crippen LogP contribution in [0.25, 0.3) is 0 Å². The van der Waals surface area contributed by atoms with Crippen molar-refractivity contribution in [2.45, 2.75) is 12.6 Å². The van der Waals surface area contributed by atoms with Crippen molar-refractivity contribution in [3.8, 4) is 6.07 Å². The third-order valence-electron chi connectivity index (χ3n) is 3.40. The number of hydrogen-bond donors (Lipinski definition) is 1. The molecule has 1 unspecified atom stereocenters. The molecule has 0 spiro atoms. The van der Waals surface area contributed by atoms with Crippen LogP contribution >= 0.6 is 11.6 Å². The minimum atomic E-state index is 0.101. The number of ether oxygens (including phenoxy) is 1. The van der Waals surface area contributed by atoms with Crippen LogP contribution in [0.5, 0.6) is 0 Å². The van der Waals surface area contributed by atoms with Gasteiger partial charge < -0.3 is 10.1 Å². The van der Waals surface area contributed by atoms with Crippen molar-refractivity contribution >= 4 is 17.3 Å². The largest absolute Gasteiger partial charge is 0.376 e. The first-order valence-electron chi connectivity index (χ1n) is 6.39. The number of hydrogen-bond acceptors (Lipinski definition) is 3. The molecule has 1 aliphatic rings. The Labute approximate surface area is 122 Å². The first-order valence-corrected chi connectivity index (χ1v) is 6.77. The lowest BCUT2D eigenvalue weighted by Gasteiger charge is -2.27. The van der Waals surface area contributed by atoms with Crippen molar-refractivity contribution in [3.63, 3.8) is 0 Å². The van der Waals surface area contributed by atoms with Crippen molar-refractivity contribution in [3.05, 3.63) is 64.2 Å². The summed E-state index contributed by atoms with van der Waals surface area (Å²) in [5, 5.41) is 12.8. The topological polar surface area (TPSA) is 45.0 Å². The molecule has 20 heavy (non-hydrogen) atoms. The van der Waals surface area contributed by atoms with Crippen LogP contribution in [0.2, 0.25) is 5.02 Å². The van der Waals surface area contributed by atoms with Crippen LogP contribution in [0, 0.1) is 11.3 Å². The maximum atomic E-state index is 8.89. The van der Waals surface area contributed by atoms with Crippen molar-refractivity contribution in [2.75, 3.05) is 11.9 Å². The van der Waals surface area contributed by atoms with Gasteiger partial charge in [0.05, 0.1) is 29.8 Å². The highest BCUT2D eigenvalue weighted by molar-refractivity contribution is 6.32. The summed E-state index contributed by atoms with van der Waals surface area (Å²) in [6.07, 6.45) is 0. The first kappa shape index (κ1) is 13.0. The number of anilines is 1. The van der Waals surface area contributed by atoms with Gasteiger partial charge in [0, 0.05) is 5.69 Å². The Morgan fingerprint density at radius 2 is 2.10 bits per heavy atom. The molecule has 0 amide bonds. The van der Waals surface area contributed by atoms with E-state index >= 15 is 0 Å². The van der Waals surface area contributed by atoms with E-state index in [0.29, 0.717) is 23.8 Å². The molecule has 0 aromatic heterocycles. The summed E-state index contributed by atoms with van der Waals surface area (Å²) in [7, 11) is 0. The molecule has 1 heterocycles. The fraction of sp³-hybridized carbons (Fsp3) is 0.188. The van der Waals surface area contributed by atoms with E-state index in [0.717, 1.165) is 5.69 Å². The smallest absolute Gasteiger partial charge is 0.101 e. The number of nitrogens with one attached hydrogen (secondary N) is 1. The van der Waals surface area contributed by atoms with E-state index in [2.05, 4.69) is 23.5 Å². The number of nitrogens with zero attached hydrogens (tertiary/aromatic N) is 1. The second kappa shape index (κ2) is 5.54. The molecule has 0 aliphatic carbocycles. The highest BCUT2D eigenvalue weighted by Crippen LogP contribution is 2.29. The lowest BCUT2D eigenvalue weighted by Crippen LogP contribution is -2.23. The van der Waals surface area contributed by atoms with Gasteiger partial charge in [-0.2, -0.15) is 5.26 Å². The van der Waals surface area contributed by atoms with E-state index in [1.807, 2.05) is 18.2 Å². The van der Waals surface area contributed by atoms with Gasteiger partial charge in [-0.15, -0.1) is 0 Å². The van der Waals surface area contributed by atoms with E-state index in [-0.39, 0.29) is 6.04 Å². The zero-order chi connectivity index (χ0) is 13.9. The second-order valence-corrected chi connectivity index (χ2v) is 5.12. The molecule has 0 saturated carbocycles. The van der Waals surface area contributed by atoms with Gasteiger partial charge in [-0.1, -0.05) is 35.9 Å². The van der Waals surface area contributed by atoms with Crippen LogP contribution in [0.1, 0.15) is 22.7 Å². The normalized spacial score (nSPS) is 17.1. The Hall–Kier alpha value is -2.02. The molecular weight excluding hydrogens is 272 g/mol. The lowest BCUT2D eigenvalue weighted by molar-refractivity contribution is 0.0970. The van der Waals surface area contributed by atoms with E-state index < -0.39 is 0 Å². The molecule has 0 bridgehead atoms. The van der Waals surface area contributed by atoms with E-state index in [4.69, 9.17) is 21.6 Å². The van der Waals surface area contributed by atoms with Gasteiger partial charge in [0.1, 0.15) is 6.07 Å². The number of halogens is 1. The summed E-state index contributed by atoms with van der Waals surface area (Å²) in [6.45, 7) is 1.27. The zero-order valence-corrected chi connectivity index (χ0v) is 11.5. The maximum absolute atomic E-state index is 8.89. The predicted octanol–water partition coefficient (Wildman–Crippen LogP) is 3.90. The molecule has 2 aromatic rings. The second-order valence-electron chi connectivity index (χ2n) is 4.72. The molecule has 1 N–H and O–H groups in total. The highest BCUT2D eigenvalue weighted by Gasteiger charge is 2.20. The summed E-state index contributed by atoms with van der Waals surface area (Å²) in [6, 6.07) is 15.8. The Balaban J connectivity index is 1.86. The third-order valence-corrected chi connectivity index (χ3v) is 3.72. The molecule has 1 atom stereocenters. The molecule has 0 saturated heterocycles. The standard InChI is InChI=1S/C16H13ClN2O/c17-15-7-13(6-5-11(15)8-18)19-16-10-20-9-12-3-1-2-4-14(12)16/h1-7,16,19H,9-10H2. The number of nitriles is 1. The van der Waals surface area contributed by atoms with Gasteiger partial charge in [-0.3, -0.25) is 0 Å². The molecule has 2 aromatic carbocycles. The van der Waals surface area contributed by atoms with Crippen molar-refractivity contribution < 1.29 is 4.74 Å². The SMILES string of the molecule is N#Cc1ccc(NC2COCc3ccccc32)cc1Cl. The van der Waals surface area contributed by atoms with Gasteiger partial charge in [0.25, 0.3) is 0 Å². The van der Waals surface area contributed by atoms with E-state index in [1.165, 1.54) is 11.1 Å². The Morgan fingerprint density at radius 1 is 1.25 bits per heavy atom. The van der Waals surface area contributed by atoms with Crippen LogP contribution in [0.3, 0.4) is 0 Å². The van der Waals surface area contributed by atoms with Gasteiger partial charge in [-0.25, -0.2) is 0 Å². The average Bonchev–Trinajstić information content (AvgIpc) is 2.48. The summed E-state index contributed by atoms with van der Waals surface area (Å²) >= 11 is 6.05. The molecule has 100 valence electrons. The number of benzene rings is 2. The third kappa shape index (κ3) is 2.49. The maximum Gasteiger partial charge on any atom is 0.101 e. The van der Waals surface area contributed by atoms with Crippen molar-refractivity contribution in [1.29, 1.82) is 5.26 Å². The lowest BCUT2D eigenvalue weighted by atomic mass is 9.99. The van der Waals surface area contributed by atoms with Gasteiger partial charge in [-0.05, 0) is 29.3 Å². The first-order chi connectivity index (χ1) is 9.78. The average molecular weight is 285 g/mol. The quantitative estimate of drug-likeness (QED) is 0.910. The van der Waals surface area contributed by atoms with Crippen molar-refractivity contribution in [2.24, 2.45) is 0 Å². The number of rotatable bonds is 2. The van der Waals surface area contributed by atoms with Crippen LogP contribution in [0.4, 0.5) is 5.69 Å². The monoisotopic (exact) mass is 284 g/mol. The Morgan fingerprint density at radius 3 is 2.90 bits per heavy atom.